The second-order valence-corrected chi connectivity index (χ2v) is 4.78. The molecule has 94 valence electrons. The number of benzene rings is 1. The van der Waals surface area contributed by atoms with Crippen molar-refractivity contribution in [2.45, 2.75) is 13.5 Å². The van der Waals surface area contributed by atoms with Crippen LogP contribution in [0.15, 0.2) is 23.7 Å². The number of hydrogen-bond acceptors (Lipinski definition) is 5. The third kappa shape index (κ3) is 2.43. The molecular formula is C12H14N4OS. The van der Waals surface area contributed by atoms with E-state index >= 15 is 0 Å². The first-order valence-electron chi connectivity index (χ1n) is 5.40. The highest BCUT2D eigenvalue weighted by molar-refractivity contribution is 7.09. The maximum absolute atomic E-state index is 11.2. The van der Waals surface area contributed by atoms with E-state index in [1.54, 1.807) is 29.0 Å². The molecule has 0 aliphatic rings. The van der Waals surface area contributed by atoms with Gasteiger partial charge in [0, 0.05) is 4.88 Å². The molecule has 0 aliphatic carbocycles. The van der Waals surface area contributed by atoms with Gasteiger partial charge in [0.05, 0.1) is 34.7 Å². The van der Waals surface area contributed by atoms with Gasteiger partial charge in [-0.25, -0.2) is 4.98 Å². The topological polar surface area (TPSA) is 94.0 Å². The number of nitrogens with zero attached hydrogens (tertiary/aromatic N) is 1. The van der Waals surface area contributed by atoms with Crippen molar-refractivity contribution in [1.82, 2.24) is 4.98 Å². The van der Waals surface area contributed by atoms with Gasteiger partial charge < -0.3 is 16.8 Å². The molecule has 1 aromatic heterocycles. The number of thiazole rings is 1. The molecule has 2 aromatic rings. The highest BCUT2D eigenvalue weighted by Gasteiger charge is 2.09. The van der Waals surface area contributed by atoms with Crippen molar-refractivity contribution in [1.29, 1.82) is 0 Å². The van der Waals surface area contributed by atoms with Gasteiger partial charge in [-0.1, -0.05) is 6.07 Å². The molecule has 5 N–H and O–H groups in total. The van der Waals surface area contributed by atoms with Crippen LogP contribution in [0, 0.1) is 6.92 Å². The fourth-order valence-electron chi connectivity index (χ4n) is 1.61. The van der Waals surface area contributed by atoms with Gasteiger partial charge in [0.2, 0.25) is 0 Å². The number of carbonyl (C=O) groups is 1. The number of aromatic nitrogens is 1. The van der Waals surface area contributed by atoms with Gasteiger partial charge in [0.25, 0.3) is 5.91 Å². The molecule has 0 fully saturated rings. The molecule has 18 heavy (non-hydrogen) atoms. The summed E-state index contributed by atoms with van der Waals surface area (Å²) in [5, 5.41) is 3.19. The van der Waals surface area contributed by atoms with Crippen LogP contribution < -0.4 is 16.8 Å². The maximum Gasteiger partial charge on any atom is 0.250 e. The van der Waals surface area contributed by atoms with Crippen LogP contribution in [0.5, 0.6) is 0 Å². The van der Waals surface area contributed by atoms with E-state index in [0.717, 1.165) is 10.6 Å². The Kier molecular flexibility index (Phi) is 3.47. The highest BCUT2D eigenvalue weighted by atomic mass is 32.1. The minimum atomic E-state index is -0.523. The standard InChI is InChI=1S/C12H14N4OS/c1-7-10(18-6-16-7)5-15-9-4-2-3-8(11(9)13)12(14)17/h2-4,6,15H,5,13H2,1H3,(H2,14,17). The summed E-state index contributed by atoms with van der Waals surface area (Å²) in [6.45, 7) is 2.58. The molecule has 0 aliphatic heterocycles. The molecule has 6 heteroatoms. The Bertz CT molecular complexity index is 579. The summed E-state index contributed by atoms with van der Waals surface area (Å²) in [6.07, 6.45) is 0. The first-order valence-corrected chi connectivity index (χ1v) is 6.28. The van der Waals surface area contributed by atoms with E-state index in [2.05, 4.69) is 10.3 Å². The average molecular weight is 262 g/mol. The lowest BCUT2D eigenvalue weighted by Crippen LogP contribution is -2.14. The minimum absolute atomic E-state index is 0.334. The molecule has 2 rings (SSSR count). The van der Waals surface area contributed by atoms with Crippen LogP contribution in [0.25, 0.3) is 0 Å². The van der Waals surface area contributed by atoms with Crippen LogP contribution in [0.3, 0.4) is 0 Å². The van der Waals surface area contributed by atoms with Crippen molar-refractivity contribution >= 4 is 28.6 Å². The molecular weight excluding hydrogens is 248 g/mol. The summed E-state index contributed by atoms with van der Waals surface area (Å²) in [6, 6.07) is 5.18. The number of hydrogen-bond donors (Lipinski definition) is 3. The number of aryl methyl sites for hydroxylation is 1. The second kappa shape index (κ2) is 5.05. The van der Waals surface area contributed by atoms with Gasteiger partial charge in [0.15, 0.2) is 0 Å². The Morgan fingerprint density at radius 3 is 2.89 bits per heavy atom. The predicted molar refractivity (Wildman–Crippen MR) is 73.6 cm³/mol. The van der Waals surface area contributed by atoms with Crippen LogP contribution in [0.2, 0.25) is 0 Å². The number of rotatable bonds is 4. The Morgan fingerprint density at radius 2 is 2.28 bits per heavy atom. The fourth-order valence-corrected chi connectivity index (χ4v) is 2.32. The highest BCUT2D eigenvalue weighted by Crippen LogP contribution is 2.24. The molecule has 0 unspecified atom stereocenters. The smallest absolute Gasteiger partial charge is 0.250 e. The maximum atomic E-state index is 11.2. The van der Waals surface area contributed by atoms with Crippen LogP contribution in [-0.2, 0) is 6.54 Å². The van der Waals surface area contributed by atoms with Crippen LogP contribution >= 0.6 is 11.3 Å². The third-order valence-corrected chi connectivity index (χ3v) is 3.59. The number of para-hydroxylation sites is 1. The lowest BCUT2D eigenvalue weighted by Gasteiger charge is -2.10. The van der Waals surface area contributed by atoms with Gasteiger partial charge in [0.1, 0.15) is 0 Å². The number of carbonyl (C=O) groups excluding carboxylic acids is 1. The van der Waals surface area contributed by atoms with Gasteiger partial charge >= 0.3 is 0 Å². The summed E-state index contributed by atoms with van der Waals surface area (Å²) in [5.41, 5.74) is 15.4. The lowest BCUT2D eigenvalue weighted by atomic mass is 10.1. The van der Waals surface area contributed by atoms with Crippen LogP contribution in [0.1, 0.15) is 20.9 Å². The zero-order valence-corrected chi connectivity index (χ0v) is 10.8. The molecule has 5 nitrogen and oxygen atoms in total. The Labute approximate surface area is 109 Å². The third-order valence-electron chi connectivity index (χ3n) is 2.66. The Morgan fingerprint density at radius 1 is 1.50 bits per heavy atom. The van der Waals surface area contributed by atoms with Crippen molar-refractivity contribution in [2.75, 3.05) is 11.1 Å². The van der Waals surface area contributed by atoms with Crippen molar-refractivity contribution in [2.24, 2.45) is 5.73 Å². The summed E-state index contributed by atoms with van der Waals surface area (Å²) in [4.78, 5) is 16.5. The van der Waals surface area contributed by atoms with Crippen molar-refractivity contribution < 1.29 is 4.79 Å². The lowest BCUT2D eigenvalue weighted by molar-refractivity contribution is 0.100. The fraction of sp³-hybridized carbons (Fsp3) is 0.167. The summed E-state index contributed by atoms with van der Waals surface area (Å²) < 4.78 is 0. The average Bonchev–Trinajstić information content (AvgIpc) is 2.73. The number of nitrogens with one attached hydrogen (secondary N) is 1. The van der Waals surface area contributed by atoms with Gasteiger partial charge in [-0.15, -0.1) is 11.3 Å². The monoisotopic (exact) mass is 262 g/mol. The van der Waals surface area contributed by atoms with Gasteiger partial charge in [-0.05, 0) is 19.1 Å². The second-order valence-electron chi connectivity index (χ2n) is 3.85. The first kappa shape index (κ1) is 12.4. The molecule has 1 amide bonds. The zero-order valence-electron chi connectivity index (χ0n) is 9.93. The minimum Gasteiger partial charge on any atom is -0.396 e. The Hall–Kier alpha value is -2.08. The quantitative estimate of drug-likeness (QED) is 0.731. The van der Waals surface area contributed by atoms with E-state index in [1.807, 2.05) is 13.0 Å². The molecule has 0 saturated heterocycles. The van der Waals surface area contributed by atoms with E-state index in [-0.39, 0.29) is 0 Å². The number of nitrogens with two attached hydrogens (primary N) is 2. The largest absolute Gasteiger partial charge is 0.396 e. The molecule has 0 bridgehead atoms. The number of anilines is 2. The summed E-state index contributed by atoms with van der Waals surface area (Å²) >= 11 is 1.58. The molecule has 0 atom stereocenters. The first-order chi connectivity index (χ1) is 8.59. The van der Waals surface area contributed by atoms with E-state index in [9.17, 15) is 4.79 Å². The van der Waals surface area contributed by atoms with Crippen molar-refractivity contribution in [3.8, 4) is 0 Å². The number of amides is 1. The summed E-state index contributed by atoms with van der Waals surface area (Å²) in [5.74, 6) is -0.523. The van der Waals surface area contributed by atoms with Gasteiger partial charge in [-0.3, -0.25) is 4.79 Å². The van der Waals surface area contributed by atoms with E-state index in [1.165, 1.54) is 0 Å². The van der Waals surface area contributed by atoms with Crippen LogP contribution in [0.4, 0.5) is 11.4 Å². The Balaban J connectivity index is 2.17. The molecule has 0 saturated carbocycles. The zero-order chi connectivity index (χ0) is 13.1. The number of primary amides is 1. The van der Waals surface area contributed by atoms with Crippen LogP contribution in [-0.4, -0.2) is 10.9 Å². The predicted octanol–water partition coefficient (Wildman–Crippen LogP) is 1.74. The molecule has 0 spiro atoms. The SMILES string of the molecule is Cc1ncsc1CNc1cccc(C(N)=O)c1N. The molecule has 0 radical (unpaired) electrons. The number of nitrogen functional groups attached to an aromatic ring is 1. The van der Waals surface area contributed by atoms with Crippen molar-refractivity contribution in [3.63, 3.8) is 0 Å². The van der Waals surface area contributed by atoms with Crippen molar-refractivity contribution in [3.05, 3.63) is 39.8 Å². The van der Waals surface area contributed by atoms with Gasteiger partial charge in [-0.2, -0.15) is 0 Å². The molecule has 1 heterocycles. The van der Waals surface area contributed by atoms with E-state index in [4.69, 9.17) is 11.5 Å². The van der Waals surface area contributed by atoms with E-state index in [0.29, 0.717) is 23.5 Å². The normalized spacial score (nSPS) is 10.3. The molecule has 1 aromatic carbocycles. The summed E-state index contributed by atoms with van der Waals surface area (Å²) in [7, 11) is 0. The van der Waals surface area contributed by atoms with E-state index < -0.39 is 5.91 Å².